The van der Waals surface area contributed by atoms with Gasteiger partial charge in [-0.15, -0.1) is 0 Å². The van der Waals surface area contributed by atoms with Crippen molar-refractivity contribution in [3.8, 4) is 0 Å². The number of para-hydroxylation sites is 1. The highest BCUT2D eigenvalue weighted by Crippen LogP contribution is 2.20. The molecule has 0 saturated heterocycles. The van der Waals surface area contributed by atoms with Crippen molar-refractivity contribution in [1.29, 1.82) is 0 Å². The number of nitrogens with zero attached hydrogens (tertiary/aromatic N) is 2. The number of hydrogen-bond donors (Lipinski definition) is 1. The molecule has 0 unspecified atom stereocenters. The summed E-state index contributed by atoms with van der Waals surface area (Å²) in [5.41, 5.74) is 9.43. The van der Waals surface area contributed by atoms with Crippen LogP contribution in [0.5, 0.6) is 0 Å². The monoisotopic (exact) mass is 287 g/mol. The SMILES string of the molecule is CCN(/N=C(\C)c1cc(Cl)ccc1N)c1ccccc1. The van der Waals surface area contributed by atoms with Crippen LogP contribution in [0, 0.1) is 0 Å². The van der Waals surface area contributed by atoms with Crippen molar-refractivity contribution in [3.05, 3.63) is 59.1 Å². The molecule has 0 aliphatic carbocycles. The summed E-state index contributed by atoms with van der Waals surface area (Å²) in [6.45, 7) is 4.78. The number of hydrazone groups is 1. The lowest BCUT2D eigenvalue weighted by Crippen LogP contribution is -2.18. The second kappa shape index (κ2) is 6.44. The van der Waals surface area contributed by atoms with E-state index in [1.165, 1.54) is 0 Å². The van der Waals surface area contributed by atoms with E-state index in [0.29, 0.717) is 10.7 Å². The molecule has 0 radical (unpaired) electrons. The van der Waals surface area contributed by atoms with E-state index < -0.39 is 0 Å². The van der Waals surface area contributed by atoms with E-state index in [-0.39, 0.29) is 0 Å². The van der Waals surface area contributed by atoms with Crippen LogP contribution in [0.1, 0.15) is 19.4 Å². The molecule has 0 fully saturated rings. The summed E-state index contributed by atoms with van der Waals surface area (Å²) in [6, 6.07) is 15.5. The zero-order valence-electron chi connectivity index (χ0n) is 11.7. The summed E-state index contributed by atoms with van der Waals surface area (Å²) in [7, 11) is 0. The van der Waals surface area contributed by atoms with Crippen LogP contribution in [0.4, 0.5) is 11.4 Å². The fourth-order valence-corrected chi connectivity index (χ4v) is 2.16. The summed E-state index contributed by atoms with van der Waals surface area (Å²) in [6.07, 6.45) is 0. The van der Waals surface area contributed by atoms with Gasteiger partial charge in [0.1, 0.15) is 0 Å². The first-order chi connectivity index (χ1) is 9.61. The van der Waals surface area contributed by atoms with E-state index in [2.05, 4.69) is 12.0 Å². The summed E-state index contributed by atoms with van der Waals surface area (Å²) >= 11 is 6.02. The minimum absolute atomic E-state index is 0.659. The van der Waals surface area contributed by atoms with Crippen LogP contribution in [-0.2, 0) is 0 Å². The number of hydrogen-bond acceptors (Lipinski definition) is 3. The first kappa shape index (κ1) is 14.4. The standard InChI is InChI=1S/C16H18ClN3/c1-3-20(14-7-5-4-6-8-14)19-12(2)15-11-13(17)9-10-16(15)18/h4-11H,3,18H2,1-2H3/b19-12+. The van der Waals surface area contributed by atoms with Crippen LogP contribution < -0.4 is 10.7 Å². The van der Waals surface area contributed by atoms with Gasteiger partial charge in [-0.1, -0.05) is 29.8 Å². The van der Waals surface area contributed by atoms with Gasteiger partial charge in [-0.25, -0.2) is 0 Å². The smallest absolute Gasteiger partial charge is 0.0672 e. The predicted octanol–water partition coefficient (Wildman–Crippen LogP) is 4.17. The van der Waals surface area contributed by atoms with Crippen molar-refractivity contribution in [2.45, 2.75) is 13.8 Å². The minimum atomic E-state index is 0.659. The highest BCUT2D eigenvalue weighted by molar-refractivity contribution is 6.31. The van der Waals surface area contributed by atoms with Gasteiger partial charge in [0.05, 0.1) is 11.4 Å². The predicted molar refractivity (Wildman–Crippen MR) is 87.5 cm³/mol. The Hall–Kier alpha value is -2.00. The first-order valence-corrected chi connectivity index (χ1v) is 6.92. The molecule has 0 aliphatic heterocycles. The van der Waals surface area contributed by atoms with Crippen molar-refractivity contribution in [2.75, 3.05) is 17.3 Å². The number of rotatable bonds is 4. The maximum absolute atomic E-state index is 6.02. The van der Waals surface area contributed by atoms with Crippen LogP contribution in [0.2, 0.25) is 5.02 Å². The van der Waals surface area contributed by atoms with Crippen molar-refractivity contribution >= 4 is 28.7 Å². The van der Waals surface area contributed by atoms with Gasteiger partial charge in [-0.05, 0) is 44.2 Å². The zero-order valence-corrected chi connectivity index (χ0v) is 12.4. The summed E-state index contributed by atoms with van der Waals surface area (Å²) in [5, 5.41) is 7.25. The number of nitrogen functional groups attached to an aromatic ring is 1. The molecule has 0 heterocycles. The van der Waals surface area contributed by atoms with Gasteiger partial charge in [0.25, 0.3) is 0 Å². The molecule has 0 amide bonds. The highest BCUT2D eigenvalue weighted by atomic mass is 35.5. The van der Waals surface area contributed by atoms with Crippen LogP contribution in [0.25, 0.3) is 0 Å². The van der Waals surface area contributed by atoms with Crippen molar-refractivity contribution in [1.82, 2.24) is 0 Å². The fourth-order valence-electron chi connectivity index (χ4n) is 1.99. The van der Waals surface area contributed by atoms with E-state index >= 15 is 0 Å². The molecule has 4 heteroatoms. The molecule has 2 aromatic rings. The normalized spacial score (nSPS) is 11.4. The van der Waals surface area contributed by atoms with Crippen molar-refractivity contribution < 1.29 is 0 Å². The van der Waals surface area contributed by atoms with Gasteiger partial charge in [-0.2, -0.15) is 5.10 Å². The average Bonchev–Trinajstić information content (AvgIpc) is 2.48. The Morgan fingerprint density at radius 1 is 1.20 bits per heavy atom. The van der Waals surface area contributed by atoms with E-state index in [9.17, 15) is 0 Å². The minimum Gasteiger partial charge on any atom is -0.398 e. The number of nitrogens with two attached hydrogens (primary N) is 1. The number of benzene rings is 2. The van der Waals surface area contributed by atoms with E-state index in [1.54, 1.807) is 12.1 Å². The van der Waals surface area contributed by atoms with Gasteiger partial charge in [0, 0.05) is 22.8 Å². The van der Waals surface area contributed by atoms with Gasteiger partial charge in [0.2, 0.25) is 0 Å². The Labute approximate surface area is 124 Å². The maximum Gasteiger partial charge on any atom is 0.0672 e. The third-order valence-electron chi connectivity index (χ3n) is 3.03. The van der Waals surface area contributed by atoms with Crippen molar-refractivity contribution in [3.63, 3.8) is 0 Å². The fraction of sp³-hybridized carbons (Fsp3) is 0.188. The number of halogens is 1. The Morgan fingerprint density at radius 2 is 1.90 bits per heavy atom. The maximum atomic E-state index is 6.02. The lowest BCUT2D eigenvalue weighted by atomic mass is 10.1. The molecule has 2 rings (SSSR count). The van der Waals surface area contributed by atoms with Gasteiger partial charge in [0.15, 0.2) is 0 Å². The lowest BCUT2D eigenvalue weighted by molar-refractivity contribution is 0.892. The highest BCUT2D eigenvalue weighted by Gasteiger charge is 2.07. The van der Waals surface area contributed by atoms with Crippen molar-refractivity contribution in [2.24, 2.45) is 5.10 Å². The molecule has 0 saturated carbocycles. The Bertz CT molecular complexity index is 608. The molecule has 0 aromatic heterocycles. The Balaban J connectivity index is 2.35. The second-order valence-corrected chi connectivity index (χ2v) is 4.90. The Kier molecular flexibility index (Phi) is 4.64. The molecule has 2 aromatic carbocycles. The topological polar surface area (TPSA) is 41.6 Å². The molecule has 0 atom stereocenters. The molecule has 104 valence electrons. The molecule has 2 N–H and O–H groups in total. The van der Waals surface area contributed by atoms with Crippen LogP contribution in [0.3, 0.4) is 0 Å². The molecular weight excluding hydrogens is 270 g/mol. The lowest BCUT2D eigenvalue weighted by Gasteiger charge is -2.18. The molecule has 0 spiro atoms. The summed E-state index contributed by atoms with van der Waals surface area (Å²) in [5.74, 6) is 0. The largest absolute Gasteiger partial charge is 0.398 e. The second-order valence-electron chi connectivity index (χ2n) is 4.47. The quantitative estimate of drug-likeness (QED) is 0.521. The third kappa shape index (κ3) is 3.31. The van der Waals surface area contributed by atoms with Gasteiger partial charge >= 0.3 is 0 Å². The van der Waals surface area contributed by atoms with Gasteiger partial charge in [-0.3, -0.25) is 5.01 Å². The van der Waals surface area contributed by atoms with E-state index in [4.69, 9.17) is 17.3 Å². The molecule has 3 nitrogen and oxygen atoms in total. The molecular formula is C16H18ClN3. The first-order valence-electron chi connectivity index (χ1n) is 6.55. The van der Waals surface area contributed by atoms with Crippen LogP contribution >= 0.6 is 11.6 Å². The zero-order chi connectivity index (χ0) is 14.5. The molecule has 0 aliphatic rings. The van der Waals surface area contributed by atoms with Crippen LogP contribution in [0.15, 0.2) is 53.6 Å². The van der Waals surface area contributed by atoms with E-state index in [1.807, 2.05) is 48.3 Å². The van der Waals surface area contributed by atoms with Crippen LogP contribution in [-0.4, -0.2) is 12.3 Å². The average molecular weight is 288 g/mol. The molecule has 0 bridgehead atoms. The summed E-state index contributed by atoms with van der Waals surface area (Å²) in [4.78, 5) is 0. The van der Waals surface area contributed by atoms with Gasteiger partial charge < -0.3 is 5.73 Å². The summed E-state index contributed by atoms with van der Waals surface area (Å²) < 4.78 is 0. The number of anilines is 2. The molecule has 20 heavy (non-hydrogen) atoms. The third-order valence-corrected chi connectivity index (χ3v) is 3.26. The van der Waals surface area contributed by atoms with E-state index in [0.717, 1.165) is 23.5 Å². The Morgan fingerprint density at radius 3 is 2.55 bits per heavy atom.